The van der Waals surface area contributed by atoms with Crippen molar-refractivity contribution in [1.29, 1.82) is 0 Å². The van der Waals surface area contributed by atoms with Crippen LogP contribution in [0.5, 0.6) is 0 Å². The molecule has 6 heterocycles. The molecule has 0 aliphatic carbocycles. The summed E-state index contributed by atoms with van der Waals surface area (Å²) in [5, 5.41) is 33.9. The molecular formula is C22H34N12O6Si. The van der Waals surface area contributed by atoms with Crippen LogP contribution in [0.2, 0.25) is 13.1 Å². The highest BCUT2D eigenvalue weighted by Crippen LogP contribution is 2.36. The Morgan fingerprint density at radius 2 is 1.85 bits per heavy atom. The topological polar surface area (TPSA) is 261 Å². The molecule has 0 radical (unpaired) electrons. The molecule has 222 valence electrons. The number of nitrogens with zero attached hydrogens (tertiary/aromatic N) is 6. The van der Waals surface area contributed by atoms with Crippen molar-refractivity contribution in [3.05, 3.63) is 28.7 Å². The molecule has 0 bridgehead atoms. The minimum absolute atomic E-state index is 0.0288. The number of aliphatic imine (C=N–C) groups is 1. The Balaban J connectivity index is 1.09. The van der Waals surface area contributed by atoms with Gasteiger partial charge >= 0.3 is 0 Å². The lowest BCUT2D eigenvalue weighted by molar-refractivity contribution is -0.0252. The van der Waals surface area contributed by atoms with Gasteiger partial charge in [-0.15, -0.1) is 0 Å². The number of aromatic nitrogens is 6. The largest absolute Gasteiger partial charge is 0.394 e. The number of nitrogens with two attached hydrogens (primary N) is 2. The van der Waals surface area contributed by atoms with Crippen LogP contribution in [0.4, 0.5) is 11.8 Å². The fourth-order valence-corrected chi connectivity index (χ4v) is 7.62. The van der Waals surface area contributed by atoms with Crippen LogP contribution in [-0.2, 0) is 9.47 Å². The molecule has 7 atom stereocenters. The molecule has 0 spiro atoms. The predicted octanol–water partition coefficient (Wildman–Crippen LogP) is -2.49. The average Bonchev–Trinajstić information content (AvgIpc) is 3.67. The maximum absolute atomic E-state index is 12.1. The number of hydrogen-bond acceptors (Lipinski definition) is 15. The molecule has 3 aromatic heterocycles. The average molecular weight is 591 g/mol. The molecule has 41 heavy (non-hydrogen) atoms. The maximum Gasteiger partial charge on any atom is 0.280 e. The van der Waals surface area contributed by atoms with Crippen molar-refractivity contribution in [2.75, 3.05) is 24.2 Å². The second kappa shape index (κ2) is 10.4. The number of aliphatic hydroxyl groups is 3. The molecule has 3 aliphatic heterocycles. The molecule has 0 saturated carbocycles. The third kappa shape index (κ3) is 5.21. The van der Waals surface area contributed by atoms with E-state index in [1.165, 1.54) is 6.33 Å². The van der Waals surface area contributed by atoms with E-state index in [-0.39, 0.29) is 35.7 Å². The number of aromatic amines is 1. The van der Waals surface area contributed by atoms with Gasteiger partial charge in [0, 0.05) is 25.4 Å². The first-order valence-corrected chi connectivity index (χ1v) is 16.2. The molecule has 2 saturated heterocycles. The smallest absolute Gasteiger partial charge is 0.280 e. The Morgan fingerprint density at radius 1 is 1.12 bits per heavy atom. The van der Waals surface area contributed by atoms with Crippen LogP contribution in [0, 0.1) is 0 Å². The first-order chi connectivity index (χ1) is 19.5. The zero-order valence-electron chi connectivity index (χ0n) is 22.4. The molecule has 0 aromatic carbocycles. The van der Waals surface area contributed by atoms with Gasteiger partial charge in [0.1, 0.15) is 24.0 Å². The van der Waals surface area contributed by atoms with Gasteiger partial charge in [0.05, 0.1) is 37.6 Å². The van der Waals surface area contributed by atoms with Crippen molar-refractivity contribution in [3.8, 4) is 0 Å². The van der Waals surface area contributed by atoms with Gasteiger partial charge in [0.25, 0.3) is 5.56 Å². The number of ether oxygens (including phenoxy) is 2. The molecule has 3 aromatic rings. The number of guanidine groups is 1. The molecule has 3 aliphatic rings. The Labute approximate surface area is 234 Å². The number of H-pyrrole nitrogens is 1. The lowest BCUT2D eigenvalue weighted by Crippen LogP contribution is -2.64. The normalized spacial score (nSPS) is 30.0. The summed E-state index contributed by atoms with van der Waals surface area (Å²) in [5.74, 6) is 0.542. The Bertz CT molecular complexity index is 1520. The van der Waals surface area contributed by atoms with Crippen LogP contribution >= 0.6 is 0 Å². The summed E-state index contributed by atoms with van der Waals surface area (Å²) in [6.45, 7) is 4.32. The van der Waals surface area contributed by atoms with Crippen molar-refractivity contribution in [1.82, 2.24) is 39.0 Å². The van der Waals surface area contributed by atoms with Crippen LogP contribution < -0.4 is 32.3 Å². The lowest BCUT2D eigenvalue weighted by atomic mass is 10.1. The minimum Gasteiger partial charge on any atom is -0.394 e. The van der Waals surface area contributed by atoms with Gasteiger partial charge in [-0.2, -0.15) is 4.98 Å². The van der Waals surface area contributed by atoms with E-state index in [9.17, 15) is 20.1 Å². The van der Waals surface area contributed by atoms with Gasteiger partial charge in [-0.1, -0.05) is 0 Å². The maximum atomic E-state index is 12.1. The van der Waals surface area contributed by atoms with Gasteiger partial charge < -0.3 is 51.5 Å². The highest BCUT2D eigenvalue weighted by atomic mass is 28.3. The molecule has 6 rings (SSSR count). The van der Waals surface area contributed by atoms with E-state index in [0.717, 1.165) is 0 Å². The van der Waals surface area contributed by atoms with Gasteiger partial charge in [0.2, 0.25) is 5.95 Å². The van der Waals surface area contributed by atoms with Gasteiger partial charge in [-0.05, 0) is 13.1 Å². The number of rotatable bonds is 8. The molecule has 19 heteroatoms. The molecule has 2 fully saturated rings. The number of imidazole rings is 2. The Morgan fingerprint density at radius 3 is 2.63 bits per heavy atom. The summed E-state index contributed by atoms with van der Waals surface area (Å²) >= 11 is 0. The van der Waals surface area contributed by atoms with Crippen molar-refractivity contribution in [2.45, 2.75) is 69.0 Å². The SMILES string of the molecule is C[Si](C)(NC[C@H]1O[C@@H](n2cnc3c(=O)[nH]c(N)nc32)C[C@@H]1O)N[C@H]1C[C@H](n2cnc3c2NC(N)=NC3O)O[C@@H]1CO. The van der Waals surface area contributed by atoms with E-state index < -0.39 is 51.0 Å². The number of aliphatic hydroxyl groups excluding tert-OH is 3. The predicted molar refractivity (Wildman–Crippen MR) is 148 cm³/mol. The Kier molecular flexibility index (Phi) is 7.06. The third-order valence-electron chi connectivity index (χ3n) is 7.56. The van der Waals surface area contributed by atoms with E-state index in [0.29, 0.717) is 30.9 Å². The quantitative estimate of drug-likeness (QED) is 0.123. The molecule has 18 nitrogen and oxygen atoms in total. The van der Waals surface area contributed by atoms with Gasteiger partial charge in [-0.25, -0.2) is 15.0 Å². The van der Waals surface area contributed by atoms with E-state index >= 15 is 0 Å². The van der Waals surface area contributed by atoms with Crippen LogP contribution in [-0.4, -0.2) is 96.3 Å². The van der Waals surface area contributed by atoms with Gasteiger partial charge in [0.15, 0.2) is 31.7 Å². The summed E-state index contributed by atoms with van der Waals surface area (Å²) in [5.41, 5.74) is 11.8. The van der Waals surface area contributed by atoms with Gasteiger partial charge in [-0.3, -0.25) is 18.9 Å². The van der Waals surface area contributed by atoms with E-state index in [2.05, 4.69) is 53.3 Å². The molecule has 11 N–H and O–H groups in total. The van der Waals surface area contributed by atoms with Crippen molar-refractivity contribution in [3.63, 3.8) is 0 Å². The van der Waals surface area contributed by atoms with Crippen LogP contribution in [0.15, 0.2) is 22.4 Å². The van der Waals surface area contributed by atoms with Crippen LogP contribution in [0.1, 0.15) is 37.2 Å². The Hall–Kier alpha value is -3.43. The van der Waals surface area contributed by atoms with Crippen LogP contribution in [0.3, 0.4) is 0 Å². The zero-order valence-corrected chi connectivity index (χ0v) is 23.4. The summed E-state index contributed by atoms with van der Waals surface area (Å²) < 4.78 is 15.6. The highest BCUT2D eigenvalue weighted by Gasteiger charge is 2.42. The van der Waals surface area contributed by atoms with Crippen molar-refractivity contribution < 1.29 is 24.8 Å². The van der Waals surface area contributed by atoms with E-state index in [1.807, 2.05) is 0 Å². The zero-order chi connectivity index (χ0) is 29.1. The first-order valence-electron chi connectivity index (χ1n) is 13.2. The number of nitrogens with one attached hydrogen (secondary N) is 4. The second-order valence-corrected chi connectivity index (χ2v) is 14.8. The summed E-state index contributed by atoms with van der Waals surface area (Å²) in [4.78, 5) is 38.1. The molecule has 0 amide bonds. The summed E-state index contributed by atoms with van der Waals surface area (Å²) in [7, 11) is -2.33. The molecule has 1 unspecified atom stereocenters. The fourth-order valence-electron chi connectivity index (χ4n) is 5.57. The number of anilines is 2. The number of fused-ring (bicyclic) bond motifs is 2. The van der Waals surface area contributed by atoms with E-state index in [4.69, 9.17) is 20.9 Å². The van der Waals surface area contributed by atoms with E-state index in [1.54, 1.807) is 15.5 Å². The standard InChI is InChI=1S/C22H34N12O6Si/c1-41(2,27-5-11-10(36)4-14(39-11)34-8-26-16-18(34)29-22(24)31-20(16)38)32-9-3-13(40-12(9)6-35)33-7-25-15-17(33)28-21(23)30-19(15)37/h7-14,19,27,32,35-37H,3-6H2,1-2H3,(H3,23,28,30)(H3,24,29,31,38)/t9-,10-,11+,12+,13+,14+,19?/m0/s1. The monoisotopic (exact) mass is 590 g/mol. The first kappa shape index (κ1) is 27.7. The molecular weight excluding hydrogens is 556 g/mol. The fraction of sp³-hybridized carbons (Fsp3) is 0.591. The number of hydrogen-bond donors (Lipinski definition) is 9. The second-order valence-electron chi connectivity index (χ2n) is 10.9. The summed E-state index contributed by atoms with van der Waals surface area (Å²) in [6.07, 6.45) is -0.131. The third-order valence-corrected chi connectivity index (χ3v) is 9.74. The number of nitrogen functional groups attached to an aromatic ring is 1. The highest BCUT2D eigenvalue weighted by molar-refractivity contribution is 6.72. The lowest BCUT2D eigenvalue weighted by Gasteiger charge is -2.31. The van der Waals surface area contributed by atoms with Crippen LogP contribution in [0.25, 0.3) is 11.2 Å². The minimum atomic E-state index is -2.33. The summed E-state index contributed by atoms with van der Waals surface area (Å²) in [6, 6.07) is -0.189. The van der Waals surface area contributed by atoms with Crippen molar-refractivity contribution >= 4 is 37.3 Å². The van der Waals surface area contributed by atoms with Crippen molar-refractivity contribution in [2.24, 2.45) is 10.7 Å².